The molecule has 0 aromatic heterocycles. The molecule has 0 atom stereocenters. The Bertz CT molecular complexity index is 956. The molecule has 0 saturated carbocycles. The van der Waals surface area contributed by atoms with Crippen LogP contribution >= 0.6 is 11.6 Å². The third kappa shape index (κ3) is 5.26. The van der Waals surface area contributed by atoms with Gasteiger partial charge in [-0.2, -0.15) is 0 Å². The number of esters is 1. The van der Waals surface area contributed by atoms with E-state index in [-0.39, 0.29) is 11.3 Å². The Morgan fingerprint density at radius 1 is 1.21 bits per heavy atom. The van der Waals surface area contributed by atoms with Gasteiger partial charge >= 0.3 is 5.97 Å². The summed E-state index contributed by atoms with van der Waals surface area (Å²) in [5.74, 6) is -0.936. The van der Waals surface area contributed by atoms with Crippen LogP contribution in [0.3, 0.4) is 0 Å². The SMILES string of the molecule is COc1ccc(C(=O)COC(=O)/C=C/c2cc(Cl)c3c(c2)OCCCO3)cc1F. The van der Waals surface area contributed by atoms with Gasteiger partial charge in [0, 0.05) is 18.1 Å². The van der Waals surface area contributed by atoms with Gasteiger partial charge in [0.1, 0.15) is 0 Å². The minimum Gasteiger partial charge on any atom is -0.494 e. The number of hydrogen-bond acceptors (Lipinski definition) is 6. The molecule has 0 saturated heterocycles. The van der Waals surface area contributed by atoms with E-state index in [9.17, 15) is 14.0 Å². The van der Waals surface area contributed by atoms with E-state index >= 15 is 0 Å². The zero-order valence-corrected chi connectivity index (χ0v) is 16.3. The first kappa shape index (κ1) is 20.7. The summed E-state index contributed by atoms with van der Waals surface area (Å²) in [6.07, 6.45) is 3.40. The summed E-state index contributed by atoms with van der Waals surface area (Å²) < 4.78 is 34.5. The quantitative estimate of drug-likeness (QED) is 0.398. The highest BCUT2D eigenvalue weighted by molar-refractivity contribution is 6.32. The highest BCUT2D eigenvalue weighted by Gasteiger charge is 2.15. The molecule has 0 unspecified atom stereocenters. The summed E-state index contributed by atoms with van der Waals surface area (Å²) in [6.45, 7) is 0.504. The van der Waals surface area contributed by atoms with Crippen molar-refractivity contribution in [2.45, 2.75) is 6.42 Å². The van der Waals surface area contributed by atoms with Crippen molar-refractivity contribution in [2.24, 2.45) is 0 Å². The van der Waals surface area contributed by atoms with Crippen molar-refractivity contribution in [1.29, 1.82) is 0 Å². The van der Waals surface area contributed by atoms with E-state index in [1.54, 1.807) is 12.1 Å². The molecular weight excluding hydrogens is 403 g/mol. The molecule has 0 amide bonds. The Morgan fingerprint density at radius 3 is 2.76 bits per heavy atom. The number of hydrogen-bond donors (Lipinski definition) is 0. The molecule has 8 heteroatoms. The summed E-state index contributed by atoms with van der Waals surface area (Å²) in [6, 6.07) is 7.09. The Hall–Kier alpha value is -3.06. The molecule has 1 heterocycles. The van der Waals surface area contributed by atoms with Gasteiger partial charge < -0.3 is 18.9 Å². The predicted molar refractivity (Wildman–Crippen MR) is 104 cm³/mol. The number of ether oxygens (including phenoxy) is 4. The van der Waals surface area contributed by atoms with Crippen molar-refractivity contribution in [2.75, 3.05) is 26.9 Å². The number of fused-ring (bicyclic) bond motifs is 1. The van der Waals surface area contributed by atoms with Crippen LogP contribution in [-0.4, -0.2) is 38.7 Å². The second-order valence-electron chi connectivity index (χ2n) is 6.09. The van der Waals surface area contributed by atoms with Gasteiger partial charge in [0.25, 0.3) is 0 Å². The third-order valence-corrected chi connectivity index (χ3v) is 4.34. The summed E-state index contributed by atoms with van der Waals surface area (Å²) in [5.41, 5.74) is 0.689. The zero-order chi connectivity index (χ0) is 20.8. The van der Waals surface area contributed by atoms with Crippen molar-refractivity contribution in [3.05, 3.63) is 58.4 Å². The first-order valence-corrected chi connectivity index (χ1v) is 9.16. The van der Waals surface area contributed by atoms with Gasteiger partial charge in [-0.1, -0.05) is 11.6 Å². The van der Waals surface area contributed by atoms with Crippen molar-refractivity contribution in [3.8, 4) is 17.2 Å². The summed E-state index contributed by atoms with van der Waals surface area (Å²) >= 11 is 6.20. The van der Waals surface area contributed by atoms with Crippen molar-refractivity contribution >= 4 is 29.4 Å². The highest BCUT2D eigenvalue weighted by Crippen LogP contribution is 2.38. The molecule has 0 aliphatic carbocycles. The molecule has 6 nitrogen and oxygen atoms in total. The topological polar surface area (TPSA) is 71.1 Å². The van der Waals surface area contributed by atoms with Gasteiger partial charge in [-0.15, -0.1) is 0 Å². The highest BCUT2D eigenvalue weighted by atomic mass is 35.5. The summed E-state index contributed by atoms with van der Waals surface area (Å²) in [4.78, 5) is 24.0. The van der Waals surface area contributed by atoms with E-state index in [1.807, 2.05) is 0 Å². The second-order valence-corrected chi connectivity index (χ2v) is 6.50. The molecular formula is C21H18ClFO6. The second kappa shape index (κ2) is 9.43. The molecule has 0 radical (unpaired) electrons. The molecule has 29 heavy (non-hydrogen) atoms. The summed E-state index contributed by atoms with van der Waals surface area (Å²) in [5, 5.41) is 0.370. The molecule has 1 aliphatic rings. The van der Waals surface area contributed by atoms with Crippen LogP contribution in [0.2, 0.25) is 5.02 Å². The molecule has 2 aromatic carbocycles. The van der Waals surface area contributed by atoms with Crippen LogP contribution in [0.25, 0.3) is 6.08 Å². The van der Waals surface area contributed by atoms with Gasteiger partial charge in [-0.25, -0.2) is 9.18 Å². The van der Waals surface area contributed by atoms with E-state index < -0.39 is 24.2 Å². The lowest BCUT2D eigenvalue weighted by molar-refractivity contribution is -0.136. The van der Waals surface area contributed by atoms with Crippen LogP contribution < -0.4 is 14.2 Å². The first-order valence-electron chi connectivity index (χ1n) is 8.78. The van der Waals surface area contributed by atoms with E-state index in [0.717, 1.165) is 18.6 Å². The standard InChI is InChI=1S/C21H18ClFO6/c1-26-18-5-4-14(11-16(18)23)17(24)12-29-20(25)6-3-13-9-15(22)21-19(10-13)27-7-2-8-28-21/h3-6,9-11H,2,7-8,12H2,1H3/b6-3+. The summed E-state index contributed by atoms with van der Waals surface area (Å²) in [7, 11) is 1.32. The van der Waals surface area contributed by atoms with Gasteiger partial charge in [0.05, 0.1) is 25.3 Å². The van der Waals surface area contributed by atoms with Gasteiger partial charge in [-0.3, -0.25) is 4.79 Å². The van der Waals surface area contributed by atoms with Crippen LogP contribution in [0, 0.1) is 5.82 Å². The maximum atomic E-state index is 13.7. The Labute approximate surface area is 171 Å². The number of Topliss-reactive ketones (excluding diaryl/α,β-unsaturated/α-hetero) is 1. The number of ketones is 1. The minimum atomic E-state index is -0.726. The Kier molecular flexibility index (Phi) is 6.72. The molecule has 0 bridgehead atoms. The maximum absolute atomic E-state index is 13.7. The van der Waals surface area contributed by atoms with E-state index in [4.69, 9.17) is 30.5 Å². The Morgan fingerprint density at radius 2 is 2.00 bits per heavy atom. The van der Waals surface area contributed by atoms with Crippen LogP contribution in [-0.2, 0) is 9.53 Å². The van der Waals surface area contributed by atoms with Gasteiger partial charge in [-0.05, 0) is 42.0 Å². The van der Waals surface area contributed by atoms with E-state index in [2.05, 4.69) is 0 Å². The fraction of sp³-hybridized carbons (Fsp3) is 0.238. The Balaban J connectivity index is 1.60. The first-order chi connectivity index (χ1) is 14.0. The number of carbonyl (C=O) groups excluding carboxylic acids is 2. The number of carbonyl (C=O) groups is 2. The lowest BCUT2D eigenvalue weighted by Crippen LogP contribution is -2.12. The number of halogens is 2. The molecule has 0 N–H and O–H groups in total. The number of methoxy groups -OCH3 is 1. The average molecular weight is 421 g/mol. The van der Waals surface area contributed by atoms with Crippen LogP contribution in [0.4, 0.5) is 4.39 Å². The monoisotopic (exact) mass is 420 g/mol. The number of benzene rings is 2. The predicted octanol–water partition coefficient (Wildman–Crippen LogP) is 4.09. The molecule has 0 fully saturated rings. The molecule has 3 rings (SSSR count). The lowest BCUT2D eigenvalue weighted by atomic mass is 10.1. The van der Waals surface area contributed by atoms with Gasteiger partial charge in [0.15, 0.2) is 35.5 Å². The lowest BCUT2D eigenvalue weighted by Gasteiger charge is -2.10. The number of rotatable bonds is 6. The smallest absolute Gasteiger partial charge is 0.331 e. The van der Waals surface area contributed by atoms with Crippen LogP contribution in [0.5, 0.6) is 17.2 Å². The maximum Gasteiger partial charge on any atom is 0.331 e. The van der Waals surface area contributed by atoms with Crippen molar-refractivity contribution < 1.29 is 32.9 Å². The fourth-order valence-corrected chi connectivity index (χ4v) is 2.89. The van der Waals surface area contributed by atoms with Crippen molar-refractivity contribution in [1.82, 2.24) is 0 Å². The van der Waals surface area contributed by atoms with Crippen LogP contribution in [0.15, 0.2) is 36.4 Å². The van der Waals surface area contributed by atoms with Crippen LogP contribution in [0.1, 0.15) is 22.3 Å². The largest absolute Gasteiger partial charge is 0.494 e. The van der Waals surface area contributed by atoms with Gasteiger partial charge in [0.2, 0.25) is 0 Å². The molecule has 0 spiro atoms. The van der Waals surface area contributed by atoms with Crippen molar-refractivity contribution in [3.63, 3.8) is 0 Å². The third-order valence-electron chi connectivity index (χ3n) is 4.06. The zero-order valence-electron chi connectivity index (χ0n) is 15.6. The molecule has 1 aliphatic heterocycles. The minimum absolute atomic E-state index is 0.0234. The van der Waals surface area contributed by atoms with E-state index in [0.29, 0.717) is 35.3 Å². The molecule has 2 aromatic rings. The molecule has 152 valence electrons. The fourth-order valence-electron chi connectivity index (χ4n) is 2.62. The normalized spacial score (nSPS) is 13.1. The average Bonchev–Trinajstić information content (AvgIpc) is 2.96. The van der Waals surface area contributed by atoms with E-state index in [1.165, 1.54) is 25.3 Å².